The van der Waals surface area contributed by atoms with Crippen LogP contribution in [-0.4, -0.2) is 29.4 Å². The molecule has 2 aromatic carbocycles. The molecule has 28 heavy (non-hydrogen) atoms. The summed E-state index contributed by atoms with van der Waals surface area (Å²) in [6.07, 6.45) is 1.91. The van der Waals surface area contributed by atoms with Crippen molar-refractivity contribution in [1.82, 2.24) is 20.4 Å². The summed E-state index contributed by atoms with van der Waals surface area (Å²) in [6.45, 7) is 3.65. The standard InChI is InChI=1S/C21H24FN5O/c1-3-23-21(24-14-16-5-4-6-17(22)13-16)25-15-18-11-12-27(26-18)19-7-9-20(28-2)10-8-19/h4-13H,3,14-15H2,1-2H3,(H2,23,24,25). The predicted molar refractivity (Wildman–Crippen MR) is 108 cm³/mol. The summed E-state index contributed by atoms with van der Waals surface area (Å²) >= 11 is 0. The van der Waals surface area contributed by atoms with Gasteiger partial charge >= 0.3 is 0 Å². The Bertz CT molecular complexity index is 921. The van der Waals surface area contributed by atoms with Gasteiger partial charge in [-0.05, 0) is 55.0 Å². The van der Waals surface area contributed by atoms with Crippen LogP contribution in [0.25, 0.3) is 5.69 Å². The van der Waals surface area contributed by atoms with Crippen molar-refractivity contribution in [2.75, 3.05) is 13.7 Å². The number of hydrogen-bond donors (Lipinski definition) is 2. The van der Waals surface area contributed by atoms with Gasteiger partial charge in [-0.3, -0.25) is 0 Å². The van der Waals surface area contributed by atoms with Crippen LogP contribution in [0.4, 0.5) is 4.39 Å². The lowest BCUT2D eigenvalue weighted by Gasteiger charge is -2.10. The van der Waals surface area contributed by atoms with E-state index in [1.807, 2.05) is 54.2 Å². The summed E-state index contributed by atoms with van der Waals surface area (Å²) in [5.41, 5.74) is 2.66. The van der Waals surface area contributed by atoms with Gasteiger partial charge in [0.15, 0.2) is 5.96 Å². The van der Waals surface area contributed by atoms with E-state index in [1.54, 1.807) is 13.2 Å². The van der Waals surface area contributed by atoms with Crippen LogP contribution in [0.3, 0.4) is 0 Å². The Kier molecular flexibility index (Phi) is 6.62. The summed E-state index contributed by atoms with van der Waals surface area (Å²) < 4.78 is 20.3. The van der Waals surface area contributed by atoms with Crippen LogP contribution < -0.4 is 15.4 Å². The second kappa shape index (κ2) is 9.55. The molecule has 0 saturated carbocycles. The van der Waals surface area contributed by atoms with E-state index in [4.69, 9.17) is 4.74 Å². The summed E-state index contributed by atoms with van der Waals surface area (Å²) in [5.74, 6) is 1.21. The molecule has 1 heterocycles. The Labute approximate surface area is 164 Å². The van der Waals surface area contributed by atoms with Crippen molar-refractivity contribution in [1.29, 1.82) is 0 Å². The molecular formula is C21H24FN5O. The molecule has 146 valence electrons. The number of benzene rings is 2. The number of aliphatic imine (C=N–C) groups is 1. The van der Waals surface area contributed by atoms with Crippen LogP contribution in [0.2, 0.25) is 0 Å². The smallest absolute Gasteiger partial charge is 0.191 e. The fourth-order valence-corrected chi connectivity index (χ4v) is 2.66. The zero-order valence-electron chi connectivity index (χ0n) is 16.0. The van der Waals surface area contributed by atoms with Gasteiger partial charge in [0.1, 0.15) is 11.6 Å². The van der Waals surface area contributed by atoms with E-state index in [9.17, 15) is 4.39 Å². The number of halogens is 1. The van der Waals surface area contributed by atoms with Crippen LogP contribution in [0.5, 0.6) is 5.75 Å². The number of hydrogen-bond acceptors (Lipinski definition) is 3. The molecule has 0 aliphatic carbocycles. The number of guanidine groups is 1. The Balaban J connectivity index is 1.61. The molecule has 6 nitrogen and oxygen atoms in total. The Morgan fingerprint density at radius 2 is 1.96 bits per heavy atom. The number of nitrogens with zero attached hydrogens (tertiary/aromatic N) is 3. The van der Waals surface area contributed by atoms with Gasteiger partial charge in [-0.1, -0.05) is 12.1 Å². The largest absolute Gasteiger partial charge is 0.497 e. The summed E-state index contributed by atoms with van der Waals surface area (Å²) in [7, 11) is 1.64. The molecule has 1 aromatic heterocycles. The molecule has 0 spiro atoms. The minimum atomic E-state index is -0.255. The molecule has 2 N–H and O–H groups in total. The molecule has 0 bridgehead atoms. The lowest BCUT2D eigenvalue weighted by Crippen LogP contribution is -2.36. The van der Waals surface area contributed by atoms with Gasteiger partial charge in [0.2, 0.25) is 0 Å². The van der Waals surface area contributed by atoms with Crippen molar-refractivity contribution < 1.29 is 9.13 Å². The van der Waals surface area contributed by atoms with E-state index in [1.165, 1.54) is 12.1 Å². The second-order valence-electron chi connectivity index (χ2n) is 6.13. The molecule has 0 unspecified atom stereocenters. The first-order valence-corrected chi connectivity index (χ1v) is 9.13. The highest BCUT2D eigenvalue weighted by molar-refractivity contribution is 5.79. The topological polar surface area (TPSA) is 63.5 Å². The first kappa shape index (κ1) is 19.4. The number of rotatable bonds is 7. The van der Waals surface area contributed by atoms with Crippen molar-refractivity contribution >= 4 is 5.96 Å². The van der Waals surface area contributed by atoms with Crippen molar-refractivity contribution in [3.05, 3.63) is 77.9 Å². The molecular weight excluding hydrogens is 357 g/mol. The third kappa shape index (κ3) is 5.33. The lowest BCUT2D eigenvalue weighted by atomic mass is 10.2. The molecule has 0 aliphatic heterocycles. The van der Waals surface area contributed by atoms with Gasteiger partial charge in [0, 0.05) is 12.7 Å². The average molecular weight is 381 g/mol. The quantitative estimate of drug-likeness (QED) is 0.487. The minimum Gasteiger partial charge on any atom is -0.497 e. The number of ether oxygens (including phenoxy) is 1. The first-order chi connectivity index (χ1) is 13.7. The molecule has 3 rings (SSSR count). The third-order valence-electron chi connectivity index (χ3n) is 4.07. The van der Waals surface area contributed by atoms with E-state index in [2.05, 4.69) is 20.7 Å². The van der Waals surface area contributed by atoms with E-state index < -0.39 is 0 Å². The highest BCUT2D eigenvalue weighted by Gasteiger charge is 2.04. The zero-order chi connectivity index (χ0) is 19.8. The predicted octanol–water partition coefficient (Wildman–Crippen LogP) is 3.28. The molecule has 0 amide bonds. The van der Waals surface area contributed by atoms with Crippen LogP contribution >= 0.6 is 0 Å². The van der Waals surface area contributed by atoms with Gasteiger partial charge in [-0.2, -0.15) is 5.10 Å². The van der Waals surface area contributed by atoms with Gasteiger partial charge < -0.3 is 15.4 Å². The van der Waals surface area contributed by atoms with Gasteiger partial charge in [0.25, 0.3) is 0 Å². The van der Waals surface area contributed by atoms with E-state index in [0.29, 0.717) is 19.0 Å². The Morgan fingerprint density at radius 3 is 2.68 bits per heavy atom. The average Bonchev–Trinajstić information content (AvgIpc) is 3.19. The summed E-state index contributed by atoms with van der Waals surface area (Å²) in [5, 5.41) is 11.0. The summed E-state index contributed by atoms with van der Waals surface area (Å²) in [6, 6.07) is 16.1. The number of nitrogens with one attached hydrogen (secondary N) is 2. The van der Waals surface area contributed by atoms with E-state index >= 15 is 0 Å². The van der Waals surface area contributed by atoms with Crippen molar-refractivity contribution in [3.63, 3.8) is 0 Å². The molecule has 7 heteroatoms. The molecule has 0 saturated heterocycles. The van der Waals surface area contributed by atoms with Gasteiger partial charge in [-0.15, -0.1) is 0 Å². The molecule has 0 radical (unpaired) electrons. The normalized spacial score (nSPS) is 11.3. The maximum atomic E-state index is 13.3. The van der Waals surface area contributed by atoms with Crippen molar-refractivity contribution in [2.24, 2.45) is 4.99 Å². The highest BCUT2D eigenvalue weighted by atomic mass is 19.1. The Hall–Kier alpha value is -3.35. The maximum absolute atomic E-state index is 13.3. The fraction of sp³-hybridized carbons (Fsp3) is 0.238. The van der Waals surface area contributed by atoms with Crippen molar-refractivity contribution in [3.8, 4) is 11.4 Å². The zero-order valence-corrected chi connectivity index (χ0v) is 16.0. The van der Waals surface area contributed by atoms with Crippen molar-refractivity contribution in [2.45, 2.75) is 20.0 Å². The summed E-state index contributed by atoms with van der Waals surface area (Å²) in [4.78, 5) is 4.50. The minimum absolute atomic E-state index is 0.255. The lowest BCUT2D eigenvalue weighted by molar-refractivity contribution is 0.414. The highest BCUT2D eigenvalue weighted by Crippen LogP contribution is 2.14. The van der Waals surface area contributed by atoms with E-state index in [-0.39, 0.29) is 5.82 Å². The molecule has 0 fully saturated rings. The van der Waals surface area contributed by atoms with Crippen LogP contribution in [0, 0.1) is 5.82 Å². The molecule has 0 aliphatic rings. The van der Waals surface area contributed by atoms with Gasteiger partial charge in [0.05, 0.1) is 31.6 Å². The monoisotopic (exact) mass is 381 g/mol. The first-order valence-electron chi connectivity index (χ1n) is 9.13. The molecule has 0 atom stereocenters. The Morgan fingerprint density at radius 1 is 1.14 bits per heavy atom. The van der Waals surface area contributed by atoms with Crippen LogP contribution in [0.1, 0.15) is 18.2 Å². The number of methoxy groups -OCH3 is 1. The maximum Gasteiger partial charge on any atom is 0.191 e. The molecule has 3 aromatic rings. The van der Waals surface area contributed by atoms with Gasteiger partial charge in [-0.25, -0.2) is 14.1 Å². The SMILES string of the molecule is CCNC(=NCc1cccc(F)c1)NCc1ccn(-c2ccc(OC)cc2)n1. The number of aromatic nitrogens is 2. The third-order valence-corrected chi connectivity index (χ3v) is 4.07. The fourth-order valence-electron chi connectivity index (χ4n) is 2.66. The second-order valence-corrected chi connectivity index (χ2v) is 6.13. The van der Waals surface area contributed by atoms with E-state index in [0.717, 1.165) is 29.2 Å². The van der Waals surface area contributed by atoms with Crippen LogP contribution in [-0.2, 0) is 13.1 Å². The van der Waals surface area contributed by atoms with Crippen LogP contribution in [0.15, 0.2) is 65.8 Å².